The molecule has 2 aromatic rings. The first kappa shape index (κ1) is 14.1. The molecule has 1 aromatic carbocycles. The lowest BCUT2D eigenvalue weighted by molar-refractivity contribution is -0.384. The average Bonchev–Trinajstić information content (AvgIpc) is 2.44. The third-order valence-corrected chi connectivity index (χ3v) is 2.69. The second-order valence-electron chi connectivity index (χ2n) is 4.17. The fourth-order valence-electron chi connectivity index (χ4n) is 1.76. The van der Waals surface area contributed by atoms with Crippen LogP contribution in [0.4, 0.5) is 11.5 Å². The van der Waals surface area contributed by atoms with E-state index < -0.39 is 11.0 Å². The van der Waals surface area contributed by atoms with Gasteiger partial charge in [-0.3, -0.25) is 10.1 Å². The van der Waals surface area contributed by atoms with Crippen LogP contribution in [0.3, 0.4) is 0 Å². The molecule has 0 amide bonds. The molecule has 0 bridgehead atoms. The molecule has 1 unspecified atom stereocenters. The highest BCUT2D eigenvalue weighted by molar-refractivity contribution is 5.90. The van der Waals surface area contributed by atoms with Crippen LogP contribution in [0, 0.1) is 10.1 Å². The summed E-state index contributed by atoms with van der Waals surface area (Å²) in [6, 6.07) is 4.35. The van der Waals surface area contributed by atoms with E-state index in [1.54, 1.807) is 6.07 Å². The number of ether oxygens (including phenoxy) is 1. The molecular formula is C12H14N4O4. The summed E-state index contributed by atoms with van der Waals surface area (Å²) in [6.07, 6.45) is 0.669. The molecule has 2 N–H and O–H groups in total. The fraction of sp³-hybridized carbons (Fsp3) is 0.333. The number of methoxy groups -OCH3 is 1. The highest BCUT2D eigenvalue weighted by Crippen LogP contribution is 2.24. The number of hydrogen-bond donors (Lipinski definition) is 2. The lowest BCUT2D eigenvalue weighted by Gasteiger charge is -2.12. The maximum atomic E-state index is 10.8. The van der Waals surface area contributed by atoms with E-state index in [-0.39, 0.29) is 18.8 Å². The van der Waals surface area contributed by atoms with Crippen molar-refractivity contribution >= 4 is 22.4 Å². The molecule has 106 valence electrons. The van der Waals surface area contributed by atoms with Crippen molar-refractivity contribution in [3.8, 4) is 0 Å². The molecule has 1 atom stereocenters. The van der Waals surface area contributed by atoms with Gasteiger partial charge >= 0.3 is 0 Å². The summed E-state index contributed by atoms with van der Waals surface area (Å²) >= 11 is 0. The molecule has 0 aliphatic carbocycles. The van der Waals surface area contributed by atoms with Crippen LogP contribution in [-0.2, 0) is 4.74 Å². The maximum absolute atomic E-state index is 10.8. The summed E-state index contributed by atoms with van der Waals surface area (Å²) in [5.74, 6) is 0.439. The normalized spacial score (nSPS) is 12.3. The van der Waals surface area contributed by atoms with Crippen molar-refractivity contribution in [2.75, 3.05) is 25.6 Å². The van der Waals surface area contributed by atoms with E-state index in [0.29, 0.717) is 16.7 Å². The summed E-state index contributed by atoms with van der Waals surface area (Å²) < 4.78 is 4.82. The smallest absolute Gasteiger partial charge is 0.270 e. The van der Waals surface area contributed by atoms with Crippen LogP contribution in [0.25, 0.3) is 10.9 Å². The van der Waals surface area contributed by atoms with Crippen LogP contribution < -0.4 is 5.32 Å². The van der Waals surface area contributed by atoms with Crippen LogP contribution in [0.1, 0.15) is 0 Å². The van der Waals surface area contributed by atoms with Gasteiger partial charge in [-0.15, -0.1) is 0 Å². The third kappa shape index (κ3) is 3.16. The first-order chi connectivity index (χ1) is 9.61. The lowest BCUT2D eigenvalue weighted by Crippen LogP contribution is -2.24. The van der Waals surface area contributed by atoms with Crippen LogP contribution in [0.2, 0.25) is 0 Å². The van der Waals surface area contributed by atoms with Crippen molar-refractivity contribution in [1.82, 2.24) is 9.97 Å². The van der Waals surface area contributed by atoms with Crippen molar-refractivity contribution in [3.63, 3.8) is 0 Å². The summed E-state index contributed by atoms with van der Waals surface area (Å²) in [7, 11) is 1.49. The summed E-state index contributed by atoms with van der Waals surface area (Å²) in [4.78, 5) is 18.4. The van der Waals surface area contributed by atoms with Gasteiger partial charge < -0.3 is 15.2 Å². The van der Waals surface area contributed by atoms with Gasteiger partial charge in [-0.2, -0.15) is 0 Å². The van der Waals surface area contributed by atoms with Crippen LogP contribution in [0.15, 0.2) is 24.5 Å². The minimum atomic E-state index is -0.691. The van der Waals surface area contributed by atoms with Gasteiger partial charge in [0, 0.05) is 31.2 Å². The van der Waals surface area contributed by atoms with Gasteiger partial charge in [-0.1, -0.05) is 0 Å². The van der Waals surface area contributed by atoms with E-state index in [4.69, 9.17) is 4.74 Å². The number of non-ortho nitro benzene ring substituents is 1. The molecule has 0 aliphatic rings. The number of nitro benzene ring substituents is 1. The second-order valence-corrected chi connectivity index (χ2v) is 4.17. The summed E-state index contributed by atoms with van der Waals surface area (Å²) in [6.45, 7) is 0.415. The van der Waals surface area contributed by atoms with Crippen molar-refractivity contribution in [2.45, 2.75) is 6.10 Å². The van der Waals surface area contributed by atoms with E-state index in [1.807, 2.05) is 0 Å². The summed E-state index contributed by atoms with van der Waals surface area (Å²) in [5.41, 5.74) is 0.558. The number of aliphatic hydroxyl groups excluding tert-OH is 1. The average molecular weight is 278 g/mol. The number of anilines is 1. The largest absolute Gasteiger partial charge is 0.389 e. The van der Waals surface area contributed by atoms with E-state index in [2.05, 4.69) is 15.3 Å². The molecule has 8 nitrogen and oxygen atoms in total. The third-order valence-electron chi connectivity index (χ3n) is 2.69. The Labute approximate surface area is 114 Å². The Balaban J connectivity index is 2.27. The maximum Gasteiger partial charge on any atom is 0.270 e. The highest BCUT2D eigenvalue weighted by Gasteiger charge is 2.11. The number of hydrogen-bond acceptors (Lipinski definition) is 7. The van der Waals surface area contributed by atoms with Crippen molar-refractivity contribution in [1.29, 1.82) is 0 Å². The van der Waals surface area contributed by atoms with Crippen LogP contribution in [0.5, 0.6) is 0 Å². The van der Waals surface area contributed by atoms with Crippen LogP contribution in [-0.4, -0.2) is 46.4 Å². The molecule has 0 spiro atoms. The minimum absolute atomic E-state index is 0.0345. The fourth-order valence-corrected chi connectivity index (χ4v) is 1.76. The van der Waals surface area contributed by atoms with Gasteiger partial charge in [0.15, 0.2) is 0 Å². The SMILES string of the molecule is COCC(O)CNc1ncnc2ccc([N+](=O)[O-])cc12. The Morgan fingerprint density at radius 1 is 1.50 bits per heavy atom. The predicted molar refractivity (Wildman–Crippen MR) is 72.6 cm³/mol. The quantitative estimate of drug-likeness (QED) is 0.598. The number of benzene rings is 1. The second kappa shape index (κ2) is 6.22. The number of aliphatic hydroxyl groups is 1. The van der Waals surface area contributed by atoms with E-state index in [1.165, 1.54) is 25.6 Å². The van der Waals surface area contributed by atoms with Gasteiger partial charge in [0.05, 0.1) is 23.2 Å². The molecule has 1 aromatic heterocycles. The van der Waals surface area contributed by atoms with Gasteiger partial charge in [0.25, 0.3) is 5.69 Å². The zero-order valence-electron chi connectivity index (χ0n) is 10.8. The van der Waals surface area contributed by atoms with Crippen LogP contribution >= 0.6 is 0 Å². The Morgan fingerprint density at radius 2 is 2.30 bits per heavy atom. The molecule has 8 heteroatoms. The number of aromatic nitrogens is 2. The Bertz CT molecular complexity index is 619. The zero-order chi connectivity index (χ0) is 14.5. The highest BCUT2D eigenvalue weighted by atomic mass is 16.6. The first-order valence-corrected chi connectivity index (χ1v) is 5.92. The van der Waals surface area contributed by atoms with E-state index >= 15 is 0 Å². The van der Waals surface area contributed by atoms with E-state index in [9.17, 15) is 15.2 Å². The Kier molecular flexibility index (Phi) is 4.38. The predicted octanol–water partition coefficient (Wildman–Crippen LogP) is 0.957. The Morgan fingerprint density at radius 3 is 3.00 bits per heavy atom. The minimum Gasteiger partial charge on any atom is -0.389 e. The number of nitro groups is 1. The number of rotatable bonds is 6. The van der Waals surface area contributed by atoms with Crippen molar-refractivity contribution < 1.29 is 14.8 Å². The van der Waals surface area contributed by atoms with Gasteiger partial charge in [-0.05, 0) is 6.07 Å². The molecule has 0 fully saturated rings. The number of nitrogens with one attached hydrogen (secondary N) is 1. The lowest BCUT2D eigenvalue weighted by atomic mass is 10.2. The molecular weight excluding hydrogens is 264 g/mol. The molecule has 2 rings (SSSR count). The van der Waals surface area contributed by atoms with Crippen molar-refractivity contribution in [2.24, 2.45) is 0 Å². The van der Waals surface area contributed by atoms with Gasteiger partial charge in [0.1, 0.15) is 12.1 Å². The topological polar surface area (TPSA) is 110 Å². The number of nitrogens with zero attached hydrogens (tertiary/aromatic N) is 3. The monoisotopic (exact) mass is 278 g/mol. The first-order valence-electron chi connectivity index (χ1n) is 5.92. The molecule has 1 heterocycles. The van der Waals surface area contributed by atoms with Gasteiger partial charge in [0.2, 0.25) is 0 Å². The van der Waals surface area contributed by atoms with Crippen molar-refractivity contribution in [3.05, 3.63) is 34.6 Å². The molecule has 0 radical (unpaired) electrons. The summed E-state index contributed by atoms with van der Waals surface area (Å²) in [5, 5.41) is 23.8. The standard InChI is InChI=1S/C12H14N4O4/c1-20-6-9(17)5-13-12-10-4-8(16(18)19)2-3-11(10)14-7-15-12/h2-4,7,9,17H,5-6H2,1H3,(H,13,14,15). The number of fused-ring (bicyclic) bond motifs is 1. The molecule has 0 aliphatic heterocycles. The molecule has 0 saturated heterocycles. The van der Waals surface area contributed by atoms with E-state index in [0.717, 1.165) is 0 Å². The zero-order valence-corrected chi connectivity index (χ0v) is 10.8. The van der Waals surface area contributed by atoms with Gasteiger partial charge in [-0.25, -0.2) is 9.97 Å². The molecule has 20 heavy (non-hydrogen) atoms. The Hall–Kier alpha value is -2.32. The molecule has 0 saturated carbocycles.